The van der Waals surface area contributed by atoms with Crippen LogP contribution in [0.5, 0.6) is 0 Å². The number of nitrogens with two attached hydrogens (primary N) is 1. The van der Waals surface area contributed by atoms with Gasteiger partial charge in [-0.15, -0.1) is 0 Å². The number of aryl methyl sites for hydroxylation is 1. The van der Waals surface area contributed by atoms with E-state index in [1.807, 2.05) is 23.0 Å². The molecule has 6 heteroatoms. The van der Waals surface area contributed by atoms with E-state index in [2.05, 4.69) is 37.1 Å². The number of primary amides is 1. The molecule has 0 saturated carbocycles. The summed E-state index contributed by atoms with van der Waals surface area (Å²) in [5.41, 5.74) is 7.90. The fraction of sp³-hybridized carbons (Fsp3) is 0.100. The van der Waals surface area contributed by atoms with Crippen LogP contribution in [-0.2, 0) is 0 Å². The van der Waals surface area contributed by atoms with Crippen molar-refractivity contribution in [3.05, 3.63) is 33.9 Å². The number of benzene rings is 1. The van der Waals surface area contributed by atoms with E-state index in [4.69, 9.17) is 5.73 Å². The molecular formula is C10H8BrIN2OS. The number of halogens is 2. The third kappa shape index (κ3) is 1.86. The normalized spacial score (nSPS) is 10.9. The van der Waals surface area contributed by atoms with Crippen LogP contribution in [0.1, 0.15) is 16.1 Å². The summed E-state index contributed by atoms with van der Waals surface area (Å²) in [6, 6.07) is 5.64. The highest BCUT2D eigenvalue weighted by Crippen LogP contribution is 2.34. The van der Waals surface area contributed by atoms with Crippen molar-refractivity contribution in [3.63, 3.8) is 0 Å². The minimum absolute atomic E-state index is 0.401. The van der Waals surface area contributed by atoms with Gasteiger partial charge in [-0.1, -0.05) is 15.9 Å². The fourth-order valence-corrected chi connectivity index (χ4v) is 4.06. The lowest BCUT2D eigenvalue weighted by Gasteiger charge is -2.05. The summed E-state index contributed by atoms with van der Waals surface area (Å²) in [5, 5.41) is 1.01. The molecular weight excluding hydrogens is 403 g/mol. The molecule has 0 spiro atoms. The van der Waals surface area contributed by atoms with Gasteiger partial charge in [-0.2, -0.15) is 0 Å². The third-order valence-electron chi connectivity index (χ3n) is 2.37. The van der Waals surface area contributed by atoms with Crippen LogP contribution in [0.15, 0.2) is 22.7 Å². The van der Waals surface area contributed by atoms with Gasteiger partial charge in [0.2, 0.25) is 0 Å². The van der Waals surface area contributed by atoms with Crippen LogP contribution in [0.3, 0.4) is 0 Å². The molecule has 0 saturated heterocycles. The number of rotatable bonds is 2. The lowest BCUT2D eigenvalue weighted by atomic mass is 10.1. The van der Waals surface area contributed by atoms with Gasteiger partial charge in [0.15, 0.2) is 0 Å². The monoisotopic (exact) mass is 410 g/mol. The van der Waals surface area contributed by atoms with Gasteiger partial charge in [-0.3, -0.25) is 8.77 Å². The number of amides is 1. The van der Waals surface area contributed by atoms with Crippen LogP contribution in [0, 0.1) is 6.92 Å². The summed E-state index contributed by atoms with van der Waals surface area (Å²) < 4.78 is 2.97. The molecule has 1 heterocycles. The number of aromatic nitrogens is 1. The Morgan fingerprint density at radius 3 is 2.81 bits per heavy atom. The van der Waals surface area contributed by atoms with E-state index in [-0.39, 0.29) is 0 Å². The smallest absolute Gasteiger partial charge is 0.250 e. The Hall–Kier alpha value is -0.210. The first-order valence-electron chi connectivity index (χ1n) is 4.45. The molecule has 0 aliphatic rings. The van der Waals surface area contributed by atoms with Gasteiger partial charge in [-0.05, 0) is 25.1 Å². The second kappa shape index (κ2) is 4.58. The molecule has 0 aliphatic heterocycles. The number of carbonyl (C=O) groups excluding carboxylic acids is 1. The molecule has 0 radical (unpaired) electrons. The number of hydrogen-bond donors (Lipinski definition) is 1. The van der Waals surface area contributed by atoms with E-state index >= 15 is 0 Å². The van der Waals surface area contributed by atoms with Crippen molar-refractivity contribution in [2.75, 3.05) is 0 Å². The maximum atomic E-state index is 11.4. The summed E-state index contributed by atoms with van der Waals surface area (Å²) in [4.78, 5) is 11.4. The van der Waals surface area contributed by atoms with Crippen molar-refractivity contribution in [3.8, 4) is 0 Å². The highest BCUT2D eigenvalue weighted by atomic mass is 127. The molecule has 2 rings (SSSR count). The summed E-state index contributed by atoms with van der Waals surface area (Å²) in [5.74, 6) is -0.401. The lowest BCUT2D eigenvalue weighted by Crippen LogP contribution is -2.12. The molecule has 0 aliphatic carbocycles. The minimum atomic E-state index is -0.401. The fourth-order valence-electron chi connectivity index (χ4n) is 1.67. The quantitative estimate of drug-likeness (QED) is 0.768. The molecule has 1 aromatic carbocycles. The molecule has 2 aromatic rings. The third-order valence-corrected chi connectivity index (χ3v) is 4.86. The first kappa shape index (κ1) is 12.3. The van der Waals surface area contributed by atoms with E-state index in [9.17, 15) is 4.79 Å². The van der Waals surface area contributed by atoms with Gasteiger partial charge in [0, 0.05) is 45.9 Å². The van der Waals surface area contributed by atoms with Crippen LogP contribution in [0.2, 0.25) is 0 Å². The lowest BCUT2D eigenvalue weighted by molar-refractivity contribution is 0.100. The first-order chi connectivity index (χ1) is 7.56. The maximum absolute atomic E-state index is 11.4. The van der Waals surface area contributed by atoms with E-state index in [1.54, 1.807) is 6.07 Å². The molecule has 3 nitrogen and oxygen atoms in total. The summed E-state index contributed by atoms with van der Waals surface area (Å²) in [6.45, 7) is 2.00. The van der Waals surface area contributed by atoms with E-state index in [0.717, 1.165) is 21.1 Å². The first-order valence-corrected chi connectivity index (χ1v) is 8.56. The zero-order chi connectivity index (χ0) is 11.9. The second-order valence-corrected chi connectivity index (χ2v) is 5.91. The Morgan fingerprint density at radius 1 is 1.56 bits per heavy atom. The van der Waals surface area contributed by atoms with Crippen LogP contribution in [0.25, 0.3) is 10.9 Å². The van der Waals surface area contributed by atoms with Gasteiger partial charge in [0.05, 0.1) is 11.1 Å². The molecule has 16 heavy (non-hydrogen) atoms. The number of hydrogen-bond acceptors (Lipinski definition) is 2. The second-order valence-electron chi connectivity index (χ2n) is 3.37. The SMILES string of the molecule is Cc1cc2c(Br)ccc(C(N)=O)c2n1SI. The van der Waals surface area contributed by atoms with Crippen LogP contribution in [-0.4, -0.2) is 9.88 Å². The van der Waals surface area contributed by atoms with E-state index in [0.29, 0.717) is 5.56 Å². The van der Waals surface area contributed by atoms with Gasteiger partial charge in [-0.25, -0.2) is 0 Å². The molecule has 0 bridgehead atoms. The molecule has 0 fully saturated rings. The molecule has 2 N–H and O–H groups in total. The van der Waals surface area contributed by atoms with Gasteiger partial charge in [0.1, 0.15) is 0 Å². The molecule has 84 valence electrons. The Morgan fingerprint density at radius 2 is 2.25 bits per heavy atom. The topological polar surface area (TPSA) is 48.0 Å². The van der Waals surface area contributed by atoms with Gasteiger partial charge < -0.3 is 5.73 Å². The van der Waals surface area contributed by atoms with E-state index < -0.39 is 5.91 Å². The highest BCUT2D eigenvalue weighted by molar-refractivity contribution is 14.2. The Bertz CT molecular complexity index is 582. The zero-order valence-electron chi connectivity index (χ0n) is 8.33. The van der Waals surface area contributed by atoms with Crippen LogP contribution >= 0.6 is 46.3 Å². The number of carbonyl (C=O) groups is 1. The molecule has 1 aromatic heterocycles. The van der Waals surface area contributed by atoms with Crippen LogP contribution < -0.4 is 5.73 Å². The predicted molar refractivity (Wildman–Crippen MR) is 79.9 cm³/mol. The Balaban J connectivity index is 2.94. The van der Waals surface area contributed by atoms with Crippen molar-refractivity contribution in [1.82, 2.24) is 3.97 Å². The summed E-state index contributed by atoms with van der Waals surface area (Å²) in [7, 11) is 1.53. The zero-order valence-corrected chi connectivity index (χ0v) is 12.9. The van der Waals surface area contributed by atoms with Crippen LogP contribution in [0.4, 0.5) is 0 Å². The average Bonchev–Trinajstić information content (AvgIpc) is 2.55. The Labute approximate surface area is 118 Å². The largest absolute Gasteiger partial charge is 0.366 e. The standard InChI is InChI=1S/C10H8BrIN2OS/c1-5-4-7-8(11)3-2-6(10(13)15)9(7)14(5)16-12/h2-4H,1H3,(H2,13,15). The molecule has 0 unspecified atom stereocenters. The molecule has 1 amide bonds. The summed E-state index contributed by atoms with van der Waals surface area (Å²) >= 11 is 5.67. The van der Waals surface area contributed by atoms with Crippen molar-refractivity contribution >= 4 is 63.1 Å². The maximum Gasteiger partial charge on any atom is 0.250 e. The van der Waals surface area contributed by atoms with Crippen molar-refractivity contribution in [1.29, 1.82) is 0 Å². The van der Waals surface area contributed by atoms with Crippen molar-refractivity contribution < 1.29 is 4.79 Å². The highest BCUT2D eigenvalue weighted by Gasteiger charge is 2.15. The van der Waals surface area contributed by atoms with Gasteiger partial charge in [0.25, 0.3) is 5.91 Å². The predicted octanol–water partition coefficient (Wildman–Crippen LogP) is 3.66. The molecule has 0 atom stereocenters. The average molecular weight is 411 g/mol. The summed E-state index contributed by atoms with van der Waals surface area (Å²) in [6.07, 6.45) is 0. The van der Waals surface area contributed by atoms with E-state index in [1.165, 1.54) is 9.12 Å². The van der Waals surface area contributed by atoms with Crippen molar-refractivity contribution in [2.45, 2.75) is 6.92 Å². The minimum Gasteiger partial charge on any atom is -0.366 e. The number of fused-ring (bicyclic) bond motifs is 1. The van der Waals surface area contributed by atoms with Crippen molar-refractivity contribution in [2.24, 2.45) is 5.73 Å². The number of nitrogens with zero attached hydrogens (tertiary/aromatic N) is 1. The Kier molecular flexibility index (Phi) is 3.50. The van der Waals surface area contributed by atoms with Gasteiger partial charge >= 0.3 is 0 Å².